The van der Waals surface area contributed by atoms with Gasteiger partial charge in [-0.1, -0.05) is 0 Å². The number of amides is 1. The van der Waals surface area contributed by atoms with Crippen LogP contribution in [0, 0.1) is 0 Å². The molecule has 3 heterocycles. The zero-order valence-corrected chi connectivity index (χ0v) is 19.2. The largest absolute Gasteiger partial charge is 0.394 e. The third-order valence-corrected chi connectivity index (χ3v) is 6.26. The Labute approximate surface area is 200 Å². The number of hydrogen-bond donors (Lipinski definition) is 9. The predicted octanol–water partition coefficient (Wildman–Crippen LogP) is -5.37. The lowest BCUT2D eigenvalue weighted by Gasteiger charge is -2.48. The van der Waals surface area contributed by atoms with Gasteiger partial charge < -0.3 is 69.9 Å². The lowest BCUT2D eigenvalue weighted by Crippen LogP contribution is -2.68. The molecule has 0 bridgehead atoms. The molecule has 9 N–H and O–H groups in total. The van der Waals surface area contributed by atoms with Gasteiger partial charge >= 0.3 is 0 Å². The first-order chi connectivity index (χ1) is 16.5. The monoisotopic (exact) mass is 513 g/mol. The fraction of sp³-hybridized carbons (Fsp3) is 0.950. The first-order valence-electron chi connectivity index (χ1n) is 11.3. The molecule has 3 rings (SSSR count). The van der Waals surface area contributed by atoms with E-state index in [4.69, 9.17) is 23.7 Å². The number of aliphatic hydroxyl groups is 8. The van der Waals surface area contributed by atoms with Gasteiger partial charge in [0.1, 0.15) is 54.9 Å². The highest BCUT2D eigenvalue weighted by atomic mass is 16.8. The number of aliphatic hydroxyl groups excluding tert-OH is 8. The molecule has 0 spiro atoms. The highest BCUT2D eigenvalue weighted by Gasteiger charge is 2.53. The molecule has 3 saturated heterocycles. The topological polar surface area (TPSA) is 237 Å². The van der Waals surface area contributed by atoms with Crippen LogP contribution in [-0.4, -0.2) is 146 Å². The second-order valence-electron chi connectivity index (χ2n) is 8.98. The summed E-state index contributed by atoms with van der Waals surface area (Å²) in [6, 6.07) is -1.35. The smallest absolute Gasteiger partial charge is 0.217 e. The minimum absolute atomic E-state index is 0.122. The van der Waals surface area contributed by atoms with Crippen LogP contribution in [0.25, 0.3) is 0 Å². The number of carbonyl (C=O) groups is 1. The Morgan fingerprint density at radius 3 is 2.06 bits per heavy atom. The Bertz CT molecular complexity index is 701. The molecule has 3 aliphatic rings. The molecule has 0 aliphatic carbocycles. The molecule has 3 aliphatic heterocycles. The molecule has 204 valence electrons. The number of ether oxygens (including phenoxy) is 5. The van der Waals surface area contributed by atoms with E-state index in [1.165, 1.54) is 0 Å². The normalized spacial score (nSPS) is 49.0. The predicted molar refractivity (Wildman–Crippen MR) is 110 cm³/mol. The van der Waals surface area contributed by atoms with Crippen molar-refractivity contribution in [1.82, 2.24) is 5.32 Å². The standard InChI is InChI=1S/C20H35NO14/c1-6-3-8(25)12(26)19(31-6)35-17-15(29)13(27)9(4-22)33-20(17)34-16-10(5-23)32-18(30)11(14(16)28)21-7(2)24/h6,8-20,22-23,25-30H,3-5H2,1-2H3,(H,21,24)/t6-,8+,9+,10+,11+,12-,13-,14+,15-,16+,17+,18?,19-,20-/m0/s1. The summed E-state index contributed by atoms with van der Waals surface area (Å²) in [4.78, 5) is 11.5. The summed E-state index contributed by atoms with van der Waals surface area (Å²) in [6.07, 6.45) is -18.6. The van der Waals surface area contributed by atoms with Crippen LogP contribution in [0.5, 0.6) is 0 Å². The van der Waals surface area contributed by atoms with Gasteiger partial charge in [0.05, 0.1) is 25.4 Å². The second-order valence-corrected chi connectivity index (χ2v) is 8.98. The molecule has 0 aromatic carbocycles. The summed E-state index contributed by atoms with van der Waals surface area (Å²) in [5.41, 5.74) is 0. The van der Waals surface area contributed by atoms with Crippen LogP contribution in [-0.2, 0) is 28.5 Å². The van der Waals surface area contributed by atoms with E-state index in [0.717, 1.165) is 6.92 Å². The molecule has 1 amide bonds. The summed E-state index contributed by atoms with van der Waals surface area (Å²) in [7, 11) is 0. The lowest BCUT2D eigenvalue weighted by atomic mass is 9.95. The second kappa shape index (κ2) is 12.0. The van der Waals surface area contributed by atoms with Crippen molar-refractivity contribution in [3.8, 4) is 0 Å². The molecular weight excluding hydrogens is 478 g/mol. The third-order valence-electron chi connectivity index (χ3n) is 6.26. The SMILES string of the molecule is CC(=O)N[C@H]1C(O)O[C@H](CO)[C@@H](O[C@@H]2O[C@H](CO)[C@H](O)[C@H](O)[C@H]2O[C@@H]2O[C@@H](C)C[C@@H](O)[C@@H]2O)[C@@H]1O. The van der Waals surface area contributed by atoms with Crippen LogP contribution in [0.4, 0.5) is 0 Å². The zero-order chi connectivity index (χ0) is 26.0. The van der Waals surface area contributed by atoms with Crippen LogP contribution in [0.1, 0.15) is 20.3 Å². The lowest BCUT2D eigenvalue weighted by molar-refractivity contribution is -0.377. The quantitative estimate of drug-likeness (QED) is 0.155. The summed E-state index contributed by atoms with van der Waals surface area (Å²) < 4.78 is 27.7. The Kier molecular flexibility index (Phi) is 9.78. The van der Waals surface area contributed by atoms with E-state index in [1.807, 2.05) is 0 Å². The number of carbonyl (C=O) groups excluding carboxylic acids is 1. The van der Waals surface area contributed by atoms with Gasteiger partial charge in [0.25, 0.3) is 0 Å². The maximum Gasteiger partial charge on any atom is 0.217 e. The minimum Gasteiger partial charge on any atom is -0.394 e. The van der Waals surface area contributed by atoms with Gasteiger partial charge in [0.15, 0.2) is 18.9 Å². The Balaban J connectivity index is 1.85. The van der Waals surface area contributed by atoms with Crippen LogP contribution >= 0.6 is 0 Å². The Morgan fingerprint density at radius 2 is 1.46 bits per heavy atom. The summed E-state index contributed by atoms with van der Waals surface area (Å²) >= 11 is 0. The van der Waals surface area contributed by atoms with Crippen molar-refractivity contribution in [2.45, 2.75) is 106 Å². The van der Waals surface area contributed by atoms with E-state index < -0.39 is 105 Å². The van der Waals surface area contributed by atoms with Gasteiger partial charge in [0, 0.05) is 13.3 Å². The van der Waals surface area contributed by atoms with E-state index in [-0.39, 0.29) is 6.42 Å². The molecule has 3 fully saturated rings. The van der Waals surface area contributed by atoms with Crippen molar-refractivity contribution in [2.75, 3.05) is 13.2 Å². The fourth-order valence-electron chi connectivity index (χ4n) is 4.40. The maximum absolute atomic E-state index is 11.5. The average Bonchev–Trinajstić information content (AvgIpc) is 2.80. The highest BCUT2D eigenvalue weighted by molar-refractivity contribution is 5.73. The van der Waals surface area contributed by atoms with Gasteiger partial charge in [-0.25, -0.2) is 0 Å². The van der Waals surface area contributed by atoms with Gasteiger partial charge in [-0.3, -0.25) is 4.79 Å². The van der Waals surface area contributed by atoms with Gasteiger partial charge in [-0.15, -0.1) is 0 Å². The van der Waals surface area contributed by atoms with E-state index >= 15 is 0 Å². The maximum atomic E-state index is 11.5. The highest BCUT2D eigenvalue weighted by Crippen LogP contribution is 2.32. The number of rotatable bonds is 7. The Morgan fingerprint density at radius 1 is 0.829 bits per heavy atom. The molecule has 35 heavy (non-hydrogen) atoms. The minimum atomic E-state index is -1.75. The van der Waals surface area contributed by atoms with E-state index in [2.05, 4.69) is 5.32 Å². The van der Waals surface area contributed by atoms with Crippen molar-refractivity contribution in [3.05, 3.63) is 0 Å². The molecule has 0 aromatic heterocycles. The summed E-state index contributed by atoms with van der Waals surface area (Å²) in [5.74, 6) is -0.594. The average molecular weight is 513 g/mol. The number of hydrogen-bond acceptors (Lipinski definition) is 14. The molecule has 1 unspecified atom stereocenters. The molecule has 15 nitrogen and oxygen atoms in total. The molecule has 0 radical (unpaired) electrons. The molecule has 0 aromatic rings. The van der Waals surface area contributed by atoms with E-state index in [1.54, 1.807) is 6.92 Å². The third kappa shape index (κ3) is 6.27. The van der Waals surface area contributed by atoms with Crippen molar-refractivity contribution < 1.29 is 69.3 Å². The fourth-order valence-corrected chi connectivity index (χ4v) is 4.40. The first-order valence-corrected chi connectivity index (χ1v) is 11.3. The molecular formula is C20H35NO14. The van der Waals surface area contributed by atoms with Gasteiger partial charge in [0.2, 0.25) is 5.91 Å². The van der Waals surface area contributed by atoms with Crippen molar-refractivity contribution in [2.24, 2.45) is 0 Å². The van der Waals surface area contributed by atoms with Gasteiger partial charge in [-0.2, -0.15) is 0 Å². The van der Waals surface area contributed by atoms with Crippen LogP contribution in [0.3, 0.4) is 0 Å². The van der Waals surface area contributed by atoms with E-state index in [0.29, 0.717) is 0 Å². The van der Waals surface area contributed by atoms with Crippen LogP contribution in [0.2, 0.25) is 0 Å². The molecule has 14 atom stereocenters. The van der Waals surface area contributed by atoms with Crippen molar-refractivity contribution >= 4 is 5.91 Å². The van der Waals surface area contributed by atoms with Gasteiger partial charge in [-0.05, 0) is 6.92 Å². The molecule has 15 heteroatoms. The van der Waals surface area contributed by atoms with Crippen LogP contribution in [0.15, 0.2) is 0 Å². The van der Waals surface area contributed by atoms with Crippen molar-refractivity contribution in [3.63, 3.8) is 0 Å². The Hall–Kier alpha value is -1.05. The number of nitrogens with one attached hydrogen (secondary N) is 1. The summed E-state index contributed by atoms with van der Waals surface area (Å²) in [5, 5.41) is 83.9. The van der Waals surface area contributed by atoms with E-state index in [9.17, 15) is 45.6 Å². The zero-order valence-electron chi connectivity index (χ0n) is 19.2. The van der Waals surface area contributed by atoms with Crippen LogP contribution < -0.4 is 5.32 Å². The summed E-state index contributed by atoms with van der Waals surface area (Å²) in [6.45, 7) is 1.31. The van der Waals surface area contributed by atoms with Crippen molar-refractivity contribution in [1.29, 1.82) is 0 Å². The molecule has 0 saturated carbocycles. The first kappa shape index (κ1) is 28.5.